The number of halogens is 2. The summed E-state index contributed by atoms with van der Waals surface area (Å²) >= 11 is 0. The van der Waals surface area contributed by atoms with E-state index in [0.29, 0.717) is 23.2 Å². The van der Waals surface area contributed by atoms with Crippen molar-refractivity contribution in [3.05, 3.63) is 29.3 Å². The molecule has 0 aliphatic heterocycles. The van der Waals surface area contributed by atoms with E-state index in [9.17, 15) is 13.6 Å². The summed E-state index contributed by atoms with van der Waals surface area (Å²) in [4.78, 5) is 10.4. The molecule has 0 radical (unpaired) electrons. The van der Waals surface area contributed by atoms with Crippen molar-refractivity contribution in [3.8, 4) is 5.75 Å². The first-order valence-electron chi connectivity index (χ1n) is 4.10. The Balaban J connectivity index is 2.73. The predicted molar refractivity (Wildman–Crippen MR) is 48.1 cm³/mol. The molecule has 4 heteroatoms. The van der Waals surface area contributed by atoms with Crippen LogP contribution in [0.25, 0.3) is 0 Å². The first-order chi connectivity index (χ1) is 6.63. The van der Waals surface area contributed by atoms with Crippen LogP contribution in [-0.4, -0.2) is 19.3 Å². The lowest BCUT2D eigenvalue weighted by Crippen LogP contribution is -2.07. The van der Waals surface area contributed by atoms with Crippen LogP contribution >= 0.6 is 0 Å². The van der Waals surface area contributed by atoms with E-state index in [1.807, 2.05) is 0 Å². The van der Waals surface area contributed by atoms with Crippen molar-refractivity contribution in [2.24, 2.45) is 0 Å². The maximum absolute atomic E-state index is 11.8. The van der Waals surface area contributed by atoms with Gasteiger partial charge in [-0.15, -0.1) is 0 Å². The molecule has 1 rings (SSSR count). The summed E-state index contributed by atoms with van der Waals surface area (Å²) in [5.41, 5.74) is 1.18. The lowest BCUT2D eigenvalue weighted by Gasteiger charge is -2.08. The molecular weight excluding hydrogens is 190 g/mol. The number of benzene rings is 1. The molecule has 0 heterocycles. The Kier molecular flexibility index (Phi) is 3.56. The number of hydrogen-bond acceptors (Lipinski definition) is 2. The summed E-state index contributed by atoms with van der Waals surface area (Å²) in [6, 6.07) is 4.63. The Hall–Kier alpha value is -1.45. The zero-order valence-electron chi connectivity index (χ0n) is 7.67. The van der Waals surface area contributed by atoms with E-state index in [2.05, 4.69) is 0 Å². The summed E-state index contributed by atoms with van der Waals surface area (Å²) in [6.07, 6.45) is -1.79. The fourth-order valence-corrected chi connectivity index (χ4v) is 1.06. The Morgan fingerprint density at radius 1 is 1.50 bits per heavy atom. The van der Waals surface area contributed by atoms with Gasteiger partial charge in [-0.05, 0) is 30.7 Å². The van der Waals surface area contributed by atoms with Crippen molar-refractivity contribution in [1.29, 1.82) is 0 Å². The van der Waals surface area contributed by atoms with Crippen LogP contribution < -0.4 is 4.74 Å². The van der Waals surface area contributed by atoms with Gasteiger partial charge < -0.3 is 4.74 Å². The lowest BCUT2D eigenvalue weighted by atomic mass is 10.1. The number of alkyl halides is 2. The molecule has 0 fully saturated rings. The quantitative estimate of drug-likeness (QED) is 0.698. The van der Waals surface area contributed by atoms with Gasteiger partial charge >= 0.3 is 0 Å². The highest BCUT2D eigenvalue weighted by atomic mass is 19.3. The smallest absolute Gasteiger partial charge is 0.272 e. The standard InChI is InChI=1S/C10H10F2O2/c1-7-4-8(5-13)2-3-9(7)14-6-10(11)12/h2-5,10H,6H2,1H3. The SMILES string of the molecule is Cc1cc(C=O)ccc1OCC(F)F. The van der Waals surface area contributed by atoms with Gasteiger partial charge in [-0.3, -0.25) is 4.79 Å². The molecule has 0 N–H and O–H groups in total. The van der Waals surface area contributed by atoms with E-state index in [1.54, 1.807) is 13.0 Å². The first kappa shape index (κ1) is 10.6. The zero-order valence-corrected chi connectivity index (χ0v) is 7.67. The van der Waals surface area contributed by atoms with Gasteiger partial charge in [-0.25, -0.2) is 8.78 Å². The largest absolute Gasteiger partial charge is 0.487 e. The first-order valence-corrected chi connectivity index (χ1v) is 4.10. The lowest BCUT2D eigenvalue weighted by molar-refractivity contribution is 0.0815. The van der Waals surface area contributed by atoms with Gasteiger partial charge in [0.25, 0.3) is 6.43 Å². The Morgan fingerprint density at radius 2 is 2.21 bits per heavy atom. The number of hydrogen-bond donors (Lipinski definition) is 0. The number of carbonyl (C=O) groups excluding carboxylic acids is 1. The number of aldehydes is 1. The van der Waals surface area contributed by atoms with Crippen molar-refractivity contribution in [2.45, 2.75) is 13.3 Å². The Labute approximate surface area is 80.5 Å². The van der Waals surface area contributed by atoms with E-state index >= 15 is 0 Å². The van der Waals surface area contributed by atoms with E-state index in [-0.39, 0.29) is 0 Å². The fourth-order valence-electron chi connectivity index (χ4n) is 1.06. The van der Waals surface area contributed by atoms with Crippen molar-refractivity contribution in [3.63, 3.8) is 0 Å². The fraction of sp³-hybridized carbons (Fsp3) is 0.300. The number of carbonyl (C=O) groups is 1. The molecule has 0 saturated heterocycles. The summed E-state index contributed by atoms with van der Waals surface area (Å²) in [7, 11) is 0. The highest BCUT2D eigenvalue weighted by Crippen LogP contribution is 2.18. The molecule has 0 aliphatic carbocycles. The molecule has 0 bridgehead atoms. The average Bonchev–Trinajstić information content (AvgIpc) is 2.15. The highest BCUT2D eigenvalue weighted by Gasteiger charge is 2.05. The second kappa shape index (κ2) is 4.69. The summed E-state index contributed by atoms with van der Waals surface area (Å²) in [5.74, 6) is 0.385. The zero-order chi connectivity index (χ0) is 10.6. The molecule has 0 amide bonds. The van der Waals surface area contributed by atoms with Gasteiger partial charge in [0.2, 0.25) is 0 Å². The van der Waals surface area contributed by atoms with Crippen LogP contribution in [-0.2, 0) is 0 Å². The third kappa shape index (κ3) is 2.80. The van der Waals surface area contributed by atoms with Crippen molar-refractivity contribution in [2.75, 3.05) is 6.61 Å². The molecule has 0 aromatic heterocycles. The number of ether oxygens (including phenoxy) is 1. The minimum atomic E-state index is -2.49. The maximum atomic E-state index is 11.8. The van der Waals surface area contributed by atoms with Crippen LogP contribution in [0.15, 0.2) is 18.2 Å². The highest BCUT2D eigenvalue weighted by molar-refractivity contribution is 5.75. The molecule has 14 heavy (non-hydrogen) atoms. The second-order valence-corrected chi connectivity index (χ2v) is 2.84. The Bertz CT molecular complexity index is 324. The van der Waals surface area contributed by atoms with E-state index in [4.69, 9.17) is 4.74 Å². The van der Waals surface area contributed by atoms with Gasteiger partial charge in [-0.2, -0.15) is 0 Å². The monoisotopic (exact) mass is 200 g/mol. The van der Waals surface area contributed by atoms with Crippen LogP contribution in [0.1, 0.15) is 15.9 Å². The topological polar surface area (TPSA) is 26.3 Å². The molecule has 0 unspecified atom stereocenters. The molecule has 1 aromatic carbocycles. The summed E-state index contributed by atoms with van der Waals surface area (Å²) in [6.45, 7) is 1.08. The van der Waals surface area contributed by atoms with Gasteiger partial charge in [0, 0.05) is 5.56 Å². The number of rotatable bonds is 4. The third-order valence-electron chi connectivity index (χ3n) is 1.70. The van der Waals surface area contributed by atoms with Gasteiger partial charge in [0.1, 0.15) is 18.6 Å². The molecule has 1 aromatic rings. The molecule has 0 saturated carbocycles. The third-order valence-corrected chi connectivity index (χ3v) is 1.70. The van der Waals surface area contributed by atoms with Crippen LogP contribution in [0.5, 0.6) is 5.75 Å². The maximum Gasteiger partial charge on any atom is 0.272 e. The summed E-state index contributed by atoms with van der Waals surface area (Å²) < 4.78 is 28.5. The predicted octanol–water partition coefficient (Wildman–Crippen LogP) is 2.45. The second-order valence-electron chi connectivity index (χ2n) is 2.84. The van der Waals surface area contributed by atoms with Gasteiger partial charge in [0.15, 0.2) is 0 Å². The van der Waals surface area contributed by atoms with Gasteiger partial charge in [0.05, 0.1) is 0 Å². The van der Waals surface area contributed by atoms with Crippen molar-refractivity contribution in [1.82, 2.24) is 0 Å². The molecule has 0 atom stereocenters. The minimum Gasteiger partial charge on any atom is -0.487 e. The molecular formula is C10H10F2O2. The molecule has 2 nitrogen and oxygen atoms in total. The van der Waals surface area contributed by atoms with Crippen LogP contribution in [0.2, 0.25) is 0 Å². The molecule has 0 aliphatic rings. The number of aryl methyl sites for hydroxylation is 1. The van der Waals surface area contributed by atoms with Crippen molar-refractivity contribution >= 4 is 6.29 Å². The normalized spacial score (nSPS) is 10.3. The van der Waals surface area contributed by atoms with E-state index < -0.39 is 13.0 Å². The van der Waals surface area contributed by atoms with Crippen LogP contribution in [0.3, 0.4) is 0 Å². The summed E-state index contributed by atoms with van der Waals surface area (Å²) in [5, 5.41) is 0. The average molecular weight is 200 g/mol. The van der Waals surface area contributed by atoms with Crippen molar-refractivity contribution < 1.29 is 18.3 Å². The molecule has 0 spiro atoms. The minimum absolute atomic E-state index is 0.385. The van der Waals surface area contributed by atoms with Gasteiger partial charge in [-0.1, -0.05) is 0 Å². The van der Waals surface area contributed by atoms with Crippen LogP contribution in [0.4, 0.5) is 8.78 Å². The van der Waals surface area contributed by atoms with E-state index in [0.717, 1.165) is 0 Å². The van der Waals surface area contributed by atoms with E-state index in [1.165, 1.54) is 12.1 Å². The Morgan fingerprint density at radius 3 is 2.71 bits per heavy atom. The van der Waals surface area contributed by atoms with Crippen LogP contribution in [0, 0.1) is 6.92 Å². The molecule has 76 valence electrons.